The van der Waals surface area contributed by atoms with Gasteiger partial charge in [0.05, 0.1) is 11.8 Å². The fourth-order valence-electron chi connectivity index (χ4n) is 2.00. The Kier molecular flexibility index (Phi) is 4.52. The van der Waals surface area contributed by atoms with Crippen LogP contribution in [0.5, 0.6) is 0 Å². The van der Waals surface area contributed by atoms with Crippen molar-refractivity contribution in [3.8, 4) is 0 Å². The molecule has 0 unspecified atom stereocenters. The Bertz CT molecular complexity index is 679. The van der Waals surface area contributed by atoms with Crippen LogP contribution < -0.4 is 0 Å². The van der Waals surface area contributed by atoms with Crippen molar-refractivity contribution in [3.63, 3.8) is 0 Å². The molecule has 0 spiro atoms. The van der Waals surface area contributed by atoms with E-state index in [0.29, 0.717) is 11.3 Å². The molecule has 4 nitrogen and oxygen atoms in total. The second kappa shape index (κ2) is 6.02. The third-order valence-corrected chi connectivity index (χ3v) is 3.29. The number of hydrogen-bond acceptors (Lipinski definition) is 4. The Morgan fingerprint density at radius 1 is 1.29 bits per heavy atom. The van der Waals surface area contributed by atoms with Crippen molar-refractivity contribution in [2.24, 2.45) is 0 Å². The molecule has 1 aromatic heterocycles. The summed E-state index contributed by atoms with van der Waals surface area (Å²) in [7, 11) is 0. The number of para-hydroxylation sites is 1. The average Bonchev–Trinajstić information content (AvgIpc) is 2.80. The maximum absolute atomic E-state index is 11.9. The Hall–Kier alpha value is -1.62. The molecule has 0 atom stereocenters. The molecule has 0 saturated carbocycles. The van der Waals surface area contributed by atoms with Gasteiger partial charge in [-0.3, -0.25) is 9.59 Å². The highest BCUT2D eigenvalue weighted by atomic mass is 79.9. The average molecular weight is 353 g/mol. The van der Waals surface area contributed by atoms with Crippen LogP contribution in [0, 0.1) is 0 Å². The number of esters is 1. The molecule has 0 aliphatic heterocycles. The first-order valence-electron chi connectivity index (χ1n) is 6.62. The molecule has 1 aromatic carbocycles. The van der Waals surface area contributed by atoms with Gasteiger partial charge in [0.25, 0.3) is 0 Å². The lowest BCUT2D eigenvalue weighted by Gasteiger charge is -2.19. The summed E-state index contributed by atoms with van der Waals surface area (Å²) < 4.78 is 10.9. The second-order valence-corrected chi connectivity index (χ2v) is 6.33. The summed E-state index contributed by atoms with van der Waals surface area (Å²) in [5.74, 6) is -0.160. The van der Waals surface area contributed by atoms with Crippen molar-refractivity contribution < 1.29 is 18.7 Å². The Labute approximate surface area is 131 Å². The van der Waals surface area contributed by atoms with Crippen molar-refractivity contribution in [1.82, 2.24) is 0 Å². The molecule has 0 aliphatic carbocycles. The Morgan fingerprint density at radius 2 is 2.00 bits per heavy atom. The van der Waals surface area contributed by atoms with Gasteiger partial charge in [0, 0.05) is 10.9 Å². The van der Waals surface area contributed by atoms with Crippen molar-refractivity contribution >= 4 is 38.7 Å². The van der Waals surface area contributed by atoms with Crippen molar-refractivity contribution in [2.45, 2.75) is 32.8 Å². The van der Waals surface area contributed by atoms with E-state index < -0.39 is 5.60 Å². The van der Waals surface area contributed by atoms with Crippen LogP contribution in [0.2, 0.25) is 0 Å². The van der Waals surface area contributed by atoms with Crippen molar-refractivity contribution in [3.05, 3.63) is 35.6 Å². The van der Waals surface area contributed by atoms with Gasteiger partial charge in [-0.05, 0) is 26.8 Å². The molecular weight excluding hydrogens is 336 g/mol. The highest BCUT2D eigenvalue weighted by Crippen LogP contribution is 2.25. The molecule has 0 bridgehead atoms. The SMILES string of the molecule is CC(C)(C)OC(=O)Cc1cccc2cc(C(=O)CBr)oc12. The predicted octanol–water partition coefficient (Wildman–Crippen LogP) is 3.89. The van der Waals surface area contributed by atoms with Gasteiger partial charge in [-0.15, -0.1) is 0 Å². The lowest BCUT2D eigenvalue weighted by molar-refractivity contribution is -0.153. The summed E-state index contributed by atoms with van der Waals surface area (Å²) in [6, 6.07) is 7.18. The fraction of sp³-hybridized carbons (Fsp3) is 0.375. The highest BCUT2D eigenvalue weighted by molar-refractivity contribution is 9.09. The zero-order chi connectivity index (χ0) is 15.6. The van der Waals surface area contributed by atoms with Gasteiger partial charge in [0.1, 0.15) is 11.2 Å². The second-order valence-electron chi connectivity index (χ2n) is 5.77. The van der Waals surface area contributed by atoms with Gasteiger partial charge in [0.2, 0.25) is 5.78 Å². The number of carbonyl (C=O) groups excluding carboxylic acids is 2. The van der Waals surface area contributed by atoms with E-state index in [2.05, 4.69) is 15.9 Å². The van der Waals surface area contributed by atoms with Crippen molar-refractivity contribution in [2.75, 3.05) is 5.33 Å². The number of carbonyl (C=O) groups is 2. The van der Waals surface area contributed by atoms with Gasteiger partial charge in [-0.1, -0.05) is 34.1 Å². The highest BCUT2D eigenvalue weighted by Gasteiger charge is 2.19. The van der Waals surface area contributed by atoms with Crippen LogP contribution >= 0.6 is 15.9 Å². The van der Waals surface area contributed by atoms with Gasteiger partial charge in [0.15, 0.2) is 5.76 Å². The number of rotatable bonds is 4. The zero-order valence-electron chi connectivity index (χ0n) is 12.2. The Morgan fingerprint density at radius 3 is 2.62 bits per heavy atom. The Balaban J connectivity index is 2.30. The maximum atomic E-state index is 11.9. The van der Waals surface area contributed by atoms with Gasteiger partial charge < -0.3 is 9.15 Å². The van der Waals surface area contributed by atoms with E-state index in [0.717, 1.165) is 10.9 Å². The summed E-state index contributed by atoms with van der Waals surface area (Å²) in [6.45, 7) is 5.47. The molecule has 0 radical (unpaired) electrons. The third kappa shape index (κ3) is 3.94. The summed E-state index contributed by atoms with van der Waals surface area (Å²) in [5.41, 5.74) is 0.758. The summed E-state index contributed by atoms with van der Waals surface area (Å²) >= 11 is 3.12. The van der Waals surface area contributed by atoms with Gasteiger partial charge in [-0.25, -0.2) is 0 Å². The standard InChI is InChI=1S/C16H17BrO4/c1-16(2,3)21-14(19)8-11-6-4-5-10-7-13(12(18)9-17)20-15(10)11/h4-7H,8-9H2,1-3H3. The van der Waals surface area contributed by atoms with E-state index in [4.69, 9.17) is 9.15 Å². The lowest BCUT2D eigenvalue weighted by Crippen LogP contribution is -2.24. The monoisotopic (exact) mass is 352 g/mol. The smallest absolute Gasteiger partial charge is 0.310 e. The molecule has 1 heterocycles. The van der Waals surface area contributed by atoms with Crippen LogP contribution in [0.25, 0.3) is 11.0 Å². The van der Waals surface area contributed by atoms with E-state index >= 15 is 0 Å². The molecule has 2 rings (SSSR count). The van der Waals surface area contributed by atoms with Crippen LogP contribution in [-0.4, -0.2) is 22.7 Å². The van der Waals surface area contributed by atoms with E-state index in [1.54, 1.807) is 12.1 Å². The summed E-state index contributed by atoms with van der Waals surface area (Å²) in [5, 5.41) is 1.01. The van der Waals surface area contributed by atoms with Crippen LogP contribution in [0.1, 0.15) is 36.9 Å². The number of ketones is 1. The molecule has 0 fully saturated rings. The predicted molar refractivity (Wildman–Crippen MR) is 83.9 cm³/mol. The van der Waals surface area contributed by atoms with Crippen LogP contribution in [0.3, 0.4) is 0 Å². The molecule has 0 aliphatic rings. The third-order valence-electron chi connectivity index (χ3n) is 2.78. The molecule has 0 N–H and O–H groups in total. The van der Waals surface area contributed by atoms with Crippen molar-refractivity contribution in [1.29, 1.82) is 0 Å². The molecule has 112 valence electrons. The first-order valence-corrected chi connectivity index (χ1v) is 7.75. The number of Topliss-reactive ketones (excluding diaryl/α,β-unsaturated/α-hetero) is 1. The zero-order valence-corrected chi connectivity index (χ0v) is 13.8. The largest absolute Gasteiger partial charge is 0.460 e. The molecule has 0 amide bonds. The first kappa shape index (κ1) is 15.8. The van der Waals surface area contributed by atoms with Crippen LogP contribution in [0.4, 0.5) is 0 Å². The topological polar surface area (TPSA) is 56.5 Å². The molecule has 5 heteroatoms. The van der Waals surface area contributed by atoms with Gasteiger partial charge >= 0.3 is 5.97 Å². The molecule has 2 aromatic rings. The fourth-order valence-corrected chi connectivity index (χ4v) is 2.28. The lowest BCUT2D eigenvalue weighted by atomic mass is 10.1. The number of hydrogen-bond donors (Lipinski definition) is 0. The summed E-state index contributed by atoms with van der Waals surface area (Å²) in [6.07, 6.45) is 0.115. The number of halogens is 1. The number of ether oxygens (including phenoxy) is 1. The number of alkyl halides is 1. The number of fused-ring (bicyclic) bond motifs is 1. The normalized spacial score (nSPS) is 11.6. The van der Waals surface area contributed by atoms with E-state index in [9.17, 15) is 9.59 Å². The van der Waals surface area contributed by atoms with E-state index in [-0.39, 0.29) is 23.5 Å². The first-order chi connectivity index (χ1) is 9.80. The minimum absolute atomic E-state index is 0.115. The van der Waals surface area contributed by atoms with E-state index in [1.807, 2.05) is 32.9 Å². The number of furan rings is 1. The van der Waals surface area contributed by atoms with Gasteiger partial charge in [-0.2, -0.15) is 0 Å². The summed E-state index contributed by atoms with van der Waals surface area (Å²) in [4.78, 5) is 23.6. The molecular formula is C16H17BrO4. The minimum atomic E-state index is -0.523. The minimum Gasteiger partial charge on any atom is -0.460 e. The quantitative estimate of drug-likeness (QED) is 0.475. The molecule has 21 heavy (non-hydrogen) atoms. The maximum Gasteiger partial charge on any atom is 0.310 e. The number of benzene rings is 1. The van der Waals surface area contributed by atoms with Crippen LogP contribution in [-0.2, 0) is 16.0 Å². The van der Waals surface area contributed by atoms with Crippen LogP contribution in [0.15, 0.2) is 28.7 Å². The molecule has 0 saturated heterocycles. The van der Waals surface area contributed by atoms with E-state index in [1.165, 1.54) is 0 Å².